The molecule has 76 valence electrons. The third-order valence-electron chi connectivity index (χ3n) is 2.62. The average Bonchev–Trinajstić information content (AvgIpc) is 2.75. The number of benzene rings is 1. The second kappa shape index (κ2) is 2.80. The Morgan fingerprint density at radius 2 is 1.40 bits per heavy atom. The van der Waals surface area contributed by atoms with Crippen LogP contribution in [-0.4, -0.2) is 0 Å². The Morgan fingerprint density at radius 3 is 1.87 bits per heavy atom. The molecule has 15 heavy (non-hydrogen) atoms. The van der Waals surface area contributed by atoms with Gasteiger partial charge in [-0.3, -0.25) is 0 Å². The van der Waals surface area contributed by atoms with Crippen molar-refractivity contribution in [3.05, 3.63) is 46.1 Å². The summed E-state index contributed by atoms with van der Waals surface area (Å²) in [6.07, 6.45) is 0. The molecule has 2 aromatic rings. The Bertz CT molecular complexity index is 505. The van der Waals surface area contributed by atoms with E-state index in [1.165, 1.54) is 0 Å². The van der Waals surface area contributed by atoms with Crippen LogP contribution >= 0.6 is 0 Å². The third-order valence-corrected chi connectivity index (χ3v) is 2.62. The molecule has 0 N–H and O–H groups in total. The van der Waals surface area contributed by atoms with Gasteiger partial charge in [0.1, 0.15) is 13.2 Å². The molecule has 0 bridgehead atoms. The standard InChI is InChI=1S/C10H8N2O3/c13-11-7-3-1-2-4-8(7)12(14)10-6-15-5-9(10)11/h1-4H,5-6H2. The van der Waals surface area contributed by atoms with Crippen molar-refractivity contribution in [2.75, 3.05) is 0 Å². The van der Waals surface area contributed by atoms with Gasteiger partial charge in [-0.25, -0.2) is 0 Å². The van der Waals surface area contributed by atoms with Crippen molar-refractivity contribution >= 4 is 11.0 Å². The first-order valence-electron chi connectivity index (χ1n) is 4.62. The van der Waals surface area contributed by atoms with Crippen LogP contribution in [0.2, 0.25) is 0 Å². The monoisotopic (exact) mass is 204 g/mol. The summed E-state index contributed by atoms with van der Waals surface area (Å²) in [6, 6.07) is 6.74. The molecule has 5 heteroatoms. The van der Waals surface area contributed by atoms with Gasteiger partial charge in [0.15, 0.2) is 0 Å². The largest absolute Gasteiger partial charge is 0.618 e. The van der Waals surface area contributed by atoms with Crippen LogP contribution in [0.3, 0.4) is 0 Å². The first-order valence-corrected chi connectivity index (χ1v) is 4.62. The highest BCUT2D eigenvalue weighted by Crippen LogP contribution is 2.15. The number of nitrogens with zero attached hydrogens (tertiary/aromatic N) is 2. The van der Waals surface area contributed by atoms with Crippen molar-refractivity contribution in [3.8, 4) is 0 Å². The summed E-state index contributed by atoms with van der Waals surface area (Å²) in [5.74, 6) is 0. The maximum absolute atomic E-state index is 11.9. The average molecular weight is 204 g/mol. The van der Waals surface area contributed by atoms with E-state index in [0.29, 0.717) is 22.4 Å². The summed E-state index contributed by atoms with van der Waals surface area (Å²) in [4.78, 5) is 0. The van der Waals surface area contributed by atoms with Crippen LogP contribution in [0.5, 0.6) is 0 Å². The maximum Gasteiger partial charge on any atom is 0.290 e. The van der Waals surface area contributed by atoms with Crippen LogP contribution in [0.1, 0.15) is 11.4 Å². The van der Waals surface area contributed by atoms with Crippen molar-refractivity contribution in [3.63, 3.8) is 0 Å². The zero-order chi connectivity index (χ0) is 10.4. The Labute approximate surface area is 85.3 Å². The highest BCUT2D eigenvalue weighted by Gasteiger charge is 2.32. The van der Waals surface area contributed by atoms with E-state index in [1.807, 2.05) is 0 Å². The van der Waals surface area contributed by atoms with Gasteiger partial charge < -0.3 is 15.2 Å². The molecular weight excluding hydrogens is 196 g/mol. The molecule has 0 saturated carbocycles. The number of rotatable bonds is 0. The number of aromatic nitrogens is 2. The Kier molecular flexibility index (Phi) is 1.58. The third kappa shape index (κ3) is 1.01. The Morgan fingerprint density at radius 1 is 0.933 bits per heavy atom. The lowest BCUT2D eigenvalue weighted by molar-refractivity contribution is -0.638. The van der Waals surface area contributed by atoms with E-state index >= 15 is 0 Å². The van der Waals surface area contributed by atoms with Crippen LogP contribution in [0.4, 0.5) is 0 Å². The van der Waals surface area contributed by atoms with E-state index in [2.05, 4.69) is 0 Å². The van der Waals surface area contributed by atoms with E-state index < -0.39 is 0 Å². The van der Waals surface area contributed by atoms with Crippen molar-refractivity contribution in [1.82, 2.24) is 0 Å². The fraction of sp³-hybridized carbons (Fsp3) is 0.200. The summed E-state index contributed by atoms with van der Waals surface area (Å²) in [7, 11) is 0. The highest BCUT2D eigenvalue weighted by atomic mass is 16.5. The van der Waals surface area contributed by atoms with Crippen molar-refractivity contribution in [2.45, 2.75) is 13.2 Å². The van der Waals surface area contributed by atoms with Crippen molar-refractivity contribution in [1.29, 1.82) is 0 Å². The fourth-order valence-electron chi connectivity index (χ4n) is 1.86. The summed E-state index contributed by atoms with van der Waals surface area (Å²) in [5, 5.41) is 23.7. The van der Waals surface area contributed by atoms with Crippen LogP contribution in [0.25, 0.3) is 11.0 Å². The normalized spacial score (nSPS) is 14.4. The molecular formula is C10H8N2O3. The minimum atomic E-state index is 0.214. The van der Waals surface area contributed by atoms with Gasteiger partial charge in [0, 0.05) is 12.1 Å². The summed E-state index contributed by atoms with van der Waals surface area (Å²) >= 11 is 0. The topological polar surface area (TPSA) is 63.1 Å². The SMILES string of the molecule is [O-][n+]1c2c([n+]([O-])c3ccccc31)COC2. The fourth-order valence-corrected chi connectivity index (χ4v) is 1.86. The Hall–Kier alpha value is -1.88. The quantitative estimate of drug-likeness (QED) is 0.453. The predicted octanol–water partition coefficient (Wildman–Crippen LogP) is 0.137. The molecule has 0 radical (unpaired) electrons. The number of hydrogen-bond acceptors (Lipinski definition) is 3. The summed E-state index contributed by atoms with van der Waals surface area (Å²) in [6.45, 7) is 0.428. The number of fused-ring (bicyclic) bond motifs is 2. The minimum Gasteiger partial charge on any atom is -0.618 e. The first kappa shape index (κ1) is 8.43. The second-order valence-corrected chi connectivity index (χ2v) is 3.46. The zero-order valence-electron chi connectivity index (χ0n) is 7.84. The molecule has 1 aliphatic rings. The van der Waals surface area contributed by atoms with Crippen molar-refractivity contribution in [2.24, 2.45) is 0 Å². The second-order valence-electron chi connectivity index (χ2n) is 3.46. The molecule has 1 aromatic carbocycles. The molecule has 5 nitrogen and oxygen atoms in total. The number of hydrogen-bond donors (Lipinski definition) is 0. The van der Waals surface area contributed by atoms with Gasteiger partial charge in [-0.15, -0.1) is 0 Å². The van der Waals surface area contributed by atoms with E-state index in [-0.39, 0.29) is 13.2 Å². The van der Waals surface area contributed by atoms with Crippen molar-refractivity contribution < 1.29 is 14.2 Å². The minimum absolute atomic E-state index is 0.214. The Balaban J connectivity index is 2.51. The van der Waals surface area contributed by atoms with Gasteiger partial charge in [-0.1, -0.05) is 12.1 Å². The van der Waals surface area contributed by atoms with Gasteiger partial charge in [-0.2, -0.15) is 9.46 Å². The molecule has 0 unspecified atom stereocenters. The van der Waals surface area contributed by atoms with Gasteiger partial charge in [0.25, 0.3) is 22.4 Å². The molecule has 0 amide bonds. The van der Waals surface area contributed by atoms with Gasteiger partial charge in [-0.05, 0) is 0 Å². The van der Waals surface area contributed by atoms with Gasteiger partial charge in [0.05, 0.1) is 0 Å². The van der Waals surface area contributed by atoms with E-state index in [0.717, 1.165) is 9.46 Å². The lowest BCUT2D eigenvalue weighted by atomic mass is 10.2. The number of para-hydroxylation sites is 2. The summed E-state index contributed by atoms with van der Waals surface area (Å²) < 4.78 is 6.67. The summed E-state index contributed by atoms with van der Waals surface area (Å²) in [5.41, 5.74) is 1.61. The van der Waals surface area contributed by atoms with Gasteiger partial charge in [0.2, 0.25) is 0 Å². The number of ether oxygens (including phenoxy) is 1. The maximum atomic E-state index is 11.9. The molecule has 0 aliphatic carbocycles. The predicted molar refractivity (Wildman–Crippen MR) is 50.4 cm³/mol. The smallest absolute Gasteiger partial charge is 0.290 e. The zero-order valence-corrected chi connectivity index (χ0v) is 7.84. The molecule has 1 aromatic heterocycles. The lowest BCUT2D eigenvalue weighted by Gasteiger charge is -2.06. The molecule has 2 heterocycles. The molecule has 0 atom stereocenters. The molecule has 0 spiro atoms. The van der Waals surface area contributed by atoms with Crippen LogP contribution in [-0.2, 0) is 18.0 Å². The molecule has 3 rings (SSSR count). The lowest BCUT2D eigenvalue weighted by Crippen LogP contribution is -2.43. The highest BCUT2D eigenvalue weighted by molar-refractivity contribution is 5.67. The van der Waals surface area contributed by atoms with E-state index in [9.17, 15) is 10.4 Å². The molecule has 0 saturated heterocycles. The molecule has 0 fully saturated rings. The van der Waals surface area contributed by atoms with E-state index in [4.69, 9.17) is 4.74 Å². The van der Waals surface area contributed by atoms with E-state index in [1.54, 1.807) is 24.3 Å². The first-order chi connectivity index (χ1) is 7.29. The molecule has 1 aliphatic heterocycles. The van der Waals surface area contributed by atoms with Crippen LogP contribution in [0.15, 0.2) is 24.3 Å². The van der Waals surface area contributed by atoms with Gasteiger partial charge >= 0.3 is 0 Å². The van der Waals surface area contributed by atoms with Crippen LogP contribution < -0.4 is 9.46 Å². The van der Waals surface area contributed by atoms with Crippen LogP contribution in [0, 0.1) is 10.4 Å².